The van der Waals surface area contributed by atoms with Gasteiger partial charge in [-0.1, -0.05) is 39.3 Å². The smallest absolute Gasteiger partial charge is 0.311 e. The summed E-state index contributed by atoms with van der Waals surface area (Å²) in [6.07, 6.45) is 2.30. The monoisotopic (exact) mass is 586 g/mol. The maximum absolute atomic E-state index is 12.9. The molecule has 0 spiro atoms. The van der Waals surface area contributed by atoms with Gasteiger partial charge in [-0.05, 0) is 64.2 Å². The Morgan fingerprint density at radius 3 is 2.14 bits per heavy atom. The highest BCUT2D eigenvalue weighted by Crippen LogP contribution is 2.20. The summed E-state index contributed by atoms with van der Waals surface area (Å²) in [5.41, 5.74) is 0.702. The quantitative estimate of drug-likeness (QED) is 0.172. The number of hydrogen-bond acceptors (Lipinski definition) is 7. The second-order valence-electron chi connectivity index (χ2n) is 12.3. The first-order chi connectivity index (χ1) is 19.6. The van der Waals surface area contributed by atoms with Crippen LogP contribution in [0.15, 0.2) is 24.3 Å². The van der Waals surface area contributed by atoms with Gasteiger partial charge < -0.3 is 20.7 Å². The molecule has 1 aromatic rings. The van der Waals surface area contributed by atoms with Crippen LogP contribution in [-0.2, 0) is 40.1 Å². The maximum Gasteiger partial charge on any atom is 0.311 e. The van der Waals surface area contributed by atoms with Crippen molar-refractivity contribution in [2.24, 2.45) is 17.3 Å². The molecule has 1 heterocycles. The molecule has 1 fully saturated rings. The van der Waals surface area contributed by atoms with Crippen molar-refractivity contribution in [3.8, 4) is 0 Å². The molecule has 0 radical (unpaired) electrons. The number of nitrogens with one attached hydrogen (secondary N) is 3. The number of hydrogen-bond donors (Lipinski definition) is 3. The predicted octanol–water partition coefficient (Wildman–Crippen LogP) is 3.32. The van der Waals surface area contributed by atoms with E-state index in [1.54, 1.807) is 72.7 Å². The lowest BCUT2D eigenvalue weighted by atomic mass is 9.97. The average molecular weight is 587 g/mol. The third-order valence-electron chi connectivity index (χ3n) is 6.98. The summed E-state index contributed by atoms with van der Waals surface area (Å²) < 4.78 is 5.30. The van der Waals surface area contributed by atoms with Crippen LogP contribution < -0.4 is 16.0 Å². The van der Waals surface area contributed by atoms with Crippen molar-refractivity contribution in [3.05, 3.63) is 29.8 Å². The van der Waals surface area contributed by atoms with E-state index in [1.165, 1.54) is 4.90 Å². The number of carbonyl (C=O) groups is 6. The Bertz CT molecular complexity index is 1140. The summed E-state index contributed by atoms with van der Waals surface area (Å²) in [5, 5.41) is 8.18. The minimum atomic E-state index is -0.859. The summed E-state index contributed by atoms with van der Waals surface area (Å²) in [6, 6.07) is 5.18. The Hall–Kier alpha value is -3.76. The van der Waals surface area contributed by atoms with Gasteiger partial charge in [0.15, 0.2) is 0 Å². The van der Waals surface area contributed by atoms with E-state index in [2.05, 4.69) is 16.0 Å². The second-order valence-corrected chi connectivity index (χ2v) is 12.3. The standard InChI is InChI=1S/C31H46N4O7/c1-19(2)26(34-24(36)11-9-8-10-16-35-25(37)17-20(3)29(35)40)28(39)32-21(4)27(38)33-23-14-12-22(13-15-23)18-42-30(41)31(5,6)7/h12-15,19-21,26H,8-11,16-18H2,1-7H3,(H,32,39)(H,33,38)(H,34,36)/t20?,21-,26-/m0/s1. The summed E-state index contributed by atoms with van der Waals surface area (Å²) in [4.78, 5) is 75.3. The van der Waals surface area contributed by atoms with Gasteiger partial charge in [0.25, 0.3) is 0 Å². The third-order valence-corrected chi connectivity index (χ3v) is 6.98. The van der Waals surface area contributed by atoms with Gasteiger partial charge >= 0.3 is 5.97 Å². The first kappa shape index (κ1) is 34.4. The minimum absolute atomic E-state index is 0.124. The van der Waals surface area contributed by atoms with Gasteiger partial charge in [-0.15, -0.1) is 0 Å². The van der Waals surface area contributed by atoms with E-state index in [4.69, 9.17) is 4.74 Å². The van der Waals surface area contributed by atoms with Crippen LogP contribution in [-0.4, -0.2) is 59.0 Å². The molecule has 3 N–H and O–H groups in total. The highest BCUT2D eigenvalue weighted by Gasteiger charge is 2.34. The van der Waals surface area contributed by atoms with E-state index >= 15 is 0 Å². The maximum atomic E-state index is 12.9. The Morgan fingerprint density at radius 1 is 0.952 bits per heavy atom. The fourth-order valence-corrected chi connectivity index (χ4v) is 4.27. The number of anilines is 1. The fraction of sp³-hybridized carbons (Fsp3) is 0.613. The lowest BCUT2D eigenvalue weighted by Gasteiger charge is -2.24. The largest absolute Gasteiger partial charge is 0.460 e. The third kappa shape index (κ3) is 10.6. The Labute approximate surface area is 248 Å². The van der Waals surface area contributed by atoms with Gasteiger partial charge in [0, 0.05) is 31.0 Å². The van der Waals surface area contributed by atoms with Crippen LogP contribution in [0.2, 0.25) is 0 Å². The average Bonchev–Trinajstić information content (AvgIpc) is 3.15. The number of benzene rings is 1. The van der Waals surface area contributed by atoms with Crippen LogP contribution in [0, 0.1) is 17.3 Å². The van der Waals surface area contributed by atoms with Crippen LogP contribution >= 0.6 is 0 Å². The van der Waals surface area contributed by atoms with Gasteiger partial charge in [-0.25, -0.2) is 0 Å². The van der Waals surface area contributed by atoms with Crippen LogP contribution in [0.4, 0.5) is 5.69 Å². The number of unbranched alkanes of at least 4 members (excludes halogenated alkanes) is 2. The molecular formula is C31H46N4O7. The molecular weight excluding hydrogens is 540 g/mol. The lowest BCUT2D eigenvalue weighted by Crippen LogP contribution is -2.53. The second kappa shape index (κ2) is 15.5. The van der Waals surface area contributed by atoms with Crippen molar-refractivity contribution >= 4 is 41.2 Å². The highest BCUT2D eigenvalue weighted by molar-refractivity contribution is 6.03. The van der Waals surface area contributed by atoms with Crippen molar-refractivity contribution in [1.82, 2.24) is 15.5 Å². The molecule has 2 rings (SSSR count). The molecule has 11 nitrogen and oxygen atoms in total. The molecule has 3 atom stereocenters. The molecule has 0 saturated carbocycles. The molecule has 0 aliphatic carbocycles. The zero-order valence-electron chi connectivity index (χ0n) is 25.9. The number of carbonyl (C=O) groups excluding carboxylic acids is 6. The lowest BCUT2D eigenvalue weighted by molar-refractivity contribution is -0.154. The summed E-state index contributed by atoms with van der Waals surface area (Å²) >= 11 is 0. The number of likely N-dealkylation sites (tertiary alicyclic amines) is 1. The Balaban J connectivity index is 1.76. The minimum Gasteiger partial charge on any atom is -0.460 e. The van der Waals surface area contributed by atoms with Crippen LogP contribution in [0.1, 0.15) is 86.1 Å². The first-order valence-corrected chi connectivity index (χ1v) is 14.6. The molecule has 1 unspecified atom stereocenters. The molecule has 11 heteroatoms. The summed E-state index contributed by atoms with van der Waals surface area (Å²) in [7, 11) is 0. The zero-order chi connectivity index (χ0) is 31.6. The van der Waals surface area contributed by atoms with E-state index < -0.39 is 29.3 Å². The number of esters is 1. The first-order valence-electron chi connectivity index (χ1n) is 14.6. The number of rotatable bonds is 14. The number of ether oxygens (including phenoxy) is 1. The zero-order valence-corrected chi connectivity index (χ0v) is 25.9. The number of amides is 5. The predicted molar refractivity (Wildman–Crippen MR) is 158 cm³/mol. The molecule has 0 bridgehead atoms. The topological polar surface area (TPSA) is 151 Å². The van der Waals surface area contributed by atoms with Gasteiger partial charge in [0.1, 0.15) is 18.7 Å². The van der Waals surface area contributed by atoms with Crippen LogP contribution in [0.5, 0.6) is 0 Å². The van der Waals surface area contributed by atoms with Gasteiger partial charge in [-0.3, -0.25) is 33.7 Å². The summed E-state index contributed by atoms with van der Waals surface area (Å²) in [6.45, 7) is 12.7. The van der Waals surface area contributed by atoms with E-state index in [1.807, 2.05) is 0 Å². The van der Waals surface area contributed by atoms with Crippen LogP contribution in [0.25, 0.3) is 0 Å². The van der Waals surface area contributed by atoms with Gasteiger partial charge in [-0.2, -0.15) is 0 Å². The molecule has 1 aliphatic heterocycles. The van der Waals surface area contributed by atoms with E-state index in [0.29, 0.717) is 31.5 Å². The Morgan fingerprint density at radius 2 is 1.60 bits per heavy atom. The normalized spacial score (nSPS) is 16.7. The van der Waals surface area contributed by atoms with Crippen molar-refractivity contribution < 1.29 is 33.5 Å². The molecule has 5 amide bonds. The van der Waals surface area contributed by atoms with Crippen molar-refractivity contribution in [2.75, 3.05) is 11.9 Å². The van der Waals surface area contributed by atoms with Gasteiger partial charge in [0.2, 0.25) is 29.5 Å². The molecule has 42 heavy (non-hydrogen) atoms. The van der Waals surface area contributed by atoms with Gasteiger partial charge in [0.05, 0.1) is 5.41 Å². The van der Waals surface area contributed by atoms with E-state index in [0.717, 1.165) is 5.56 Å². The molecule has 0 aromatic heterocycles. The van der Waals surface area contributed by atoms with Crippen molar-refractivity contribution in [2.45, 2.75) is 99.3 Å². The van der Waals surface area contributed by atoms with Crippen LogP contribution in [0.3, 0.4) is 0 Å². The number of imide groups is 1. The molecule has 1 saturated heterocycles. The summed E-state index contributed by atoms with van der Waals surface area (Å²) in [5.74, 6) is -2.23. The van der Waals surface area contributed by atoms with E-state index in [-0.39, 0.29) is 55.0 Å². The van der Waals surface area contributed by atoms with Crippen molar-refractivity contribution in [1.29, 1.82) is 0 Å². The molecule has 1 aliphatic rings. The van der Waals surface area contributed by atoms with E-state index in [9.17, 15) is 28.8 Å². The molecule has 1 aromatic carbocycles. The Kier molecular flexibility index (Phi) is 12.7. The SMILES string of the molecule is CC1CC(=O)N(CCCCCC(=O)N[C@H](C(=O)N[C@@H](C)C(=O)Nc2ccc(COC(=O)C(C)(C)C)cc2)C(C)C)C1=O. The van der Waals surface area contributed by atoms with Crippen molar-refractivity contribution in [3.63, 3.8) is 0 Å². The fourth-order valence-electron chi connectivity index (χ4n) is 4.27. The molecule has 232 valence electrons. The number of nitrogens with zero attached hydrogens (tertiary/aromatic N) is 1. The highest BCUT2D eigenvalue weighted by atomic mass is 16.5.